The summed E-state index contributed by atoms with van der Waals surface area (Å²) in [6.45, 7) is 2.12. The van der Waals surface area contributed by atoms with Gasteiger partial charge in [0.1, 0.15) is 0 Å². The van der Waals surface area contributed by atoms with Gasteiger partial charge in [0.25, 0.3) is 0 Å². The molecule has 1 aliphatic rings. The van der Waals surface area contributed by atoms with Gasteiger partial charge in [-0.1, -0.05) is 37.3 Å². The Bertz CT molecular complexity index is 476. The topological polar surface area (TPSA) is 35.5 Å². The van der Waals surface area contributed by atoms with Crippen molar-refractivity contribution in [3.8, 4) is 0 Å². The van der Waals surface area contributed by atoms with Crippen LogP contribution in [0.15, 0.2) is 30.3 Å². The van der Waals surface area contributed by atoms with Gasteiger partial charge in [-0.2, -0.15) is 0 Å². The van der Waals surface area contributed by atoms with E-state index in [9.17, 15) is 4.79 Å². The number of hydrogen-bond donors (Lipinski definition) is 0. The Kier molecular flexibility index (Phi) is 3.82. The molecule has 0 saturated carbocycles. The Hall–Kier alpha value is -1.61. The Morgan fingerprint density at radius 3 is 2.72 bits per heavy atom. The van der Waals surface area contributed by atoms with Crippen LogP contribution < -0.4 is 0 Å². The third kappa shape index (κ3) is 2.18. The van der Waals surface area contributed by atoms with Crippen LogP contribution in [0.3, 0.4) is 0 Å². The molecule has 0 heterocycles. The van der Waals surface area contributed by atoms with Crippen molar-refractivity contribution in [3.05, 3.63) is 41.5 Å². The highest BCUT2D eigenvalue weighted by Gasteiger charge is 2.33. The van der Waals surface area contributed by atoms with Gasteiger partial charge in [0.15, 0.2) is 0 Å². The molecule has 1 aromatic carbocycles. The minimum Gasteiger partial charge on any atom is -0.469 e. The highest BCUT2D eigenvalue weighted by Crippen LogP contribution is 2.45. The van der Waals surface area contributed by atoms with Gasteiger partial charge in [0, 0.05) is 13.0 Å². The van der Waals surface area contributed by atoms with E-state index in [0.29, 0.717) is 6.42 Å². The van der Waals surface area contributed by atoms with Gasteiger partial charge in [0.2, 0.25) is 0 Å². The Balaban J connectivity index is 2.34. The van der Waals surface area contributed by atoms with Crippen molar-refractivity contribution < 1.29 is 14.3 Å². The number of methoxy groups -OCH3 is 2. The molecule has 0 radical (unpaired) electrons. The van der Waals surface area contributed by atoms with E-state index in [1.54, 1.807) is 7.11 Å². The summed E-state index contributed by atoms with van der Waals surface area (Å²) in [5.74, 6) is 0.0464. The standard InChI is InChI=1S/C15H18O3/c1-10-11(8-9-14(16)17-2)12-6-4-5-7-13(12)15(10)18-3/h4-8,10,15H,9H2,1-3H3/t10-,15+/m0/s1. The second-order valence-electron chi connectivity index (χ2n) is 4.47. The highest BCUT2D eigenvalue weighted by molar-refractivity contribution is 5.79. The molecule has 1 aromatic rings. The molecule has 0 unspecified atom stereocenters. The summed E-state index contributed by atoms with van der Waals surface area (Å²) in [5.41, 5.74) is 3.55. The van der Waals surface area contributed by atoms with Crippen LogP contribution in [-0.4, -0.2) is 20.2 Å². The number of carbonyl (C=O) groups excluding carboxylic acids is 1. The van der Waals surface area contributed by atoms with E-state index in [1.807, 2.05) is 18.2 Å². The van der Waals surface area contributed by atoms with Gasteiger partial charge >= 0.3 is 5.97 Å². The molecule has 18 heavy (non-hydrogen) atoms. The van der Waals surface area contributed by atoms with Crippen molar-refractivity contribution in [1.29, 1.82) is 0 Å². The molecule has 0 N–H and O–H groups in total. The molecule has 0 saturated heterocycles. The van der Waals surface area contributed by atoms with Crippen LogP contribution in [-0.2, 0) is 14.3 Å². The summed E-state index contributed by atoms with van der Waals surface area (Å²) in [7, 11) is 3.13. The Morgan fingerprint density at radius 1 is 1.33 bits per heavy atom. The maximum atomic E-state index is 11.2. The summed E-state index contributed by atoms with van der Waals surface area (Å²) in [6, 6.07) is 8.18. The predicted molar refractivity (Wildman–Crippen MR) is 70.0 cm³/mol. The second-order valence-corrected chi connectivity index (χ2v) is 4.47. The van der Waals surface area contributed by atoms with Gasteiger partial charge in [-0.3, -0.25) is 4.79 Å². The molecule has 0 amide bonds. The predicted octanol–water partition coefficient (Wildman–Crippen LogP) is 2.97. The summed E-state index contributed by atoms with van der Waals surface area (Å²) in [6.07, 6.45) is 2.33. The van der Waals surface area contributed by atoms with Gasteiger partial charge < -0.3 is 9.47 Å². The summed E-state index contributed by atoms with van der Waals surface area (Å²) in [5, 5.41) is 0. The molecule has 0 bridgehead atoms. The normalized spacial score (nSPS) is 24.1. The zero-order chi connectivity index (χ0) is 13.1. The van der Waals surface area contributed by atoms with Gasteiger partial charge in [-0.15, -0.1) is 0 Å². The molecular weight excluding hydrogens is 228 g/mol. The number of ether oxygens (including phenoxy) is 2. The Morgan fingerprint density at radius 2 is 2.06 bits per heavy atom. The van der Waals surface area contributed by atoms with Crippen LogP contribution in [0.2, 0.25) is 0 Å². The fraction of sp³-hybridized carbons (Fsp3) is 0.400. The third-order valence-corrected chi connectivity index (χ3v) is 3.49. The fourth-order valence-corrected chi connectivity index (χ4v) is 2.59. The summed E-state index contributed by atoms with van der Waals surface area (Å²) < 4.78 is 10.2. The average molecular weight is 246 g/mol. The first-order valence-corrected chi connectivity index (χ1v) is 6.08. The first-order valence-electron chi connectivity index (χ1n) is 6.08. The number of hydrogen-bond acceptors (Lipinski definition) is 3. The third-order valence-electron chi connectivity index (χ3n) is 3.49. The van der Waals surface area contributed by atoms with Crippen molar-refractivity contribution in [3.63, 3.8) is 0 Å². The lowest BCUT2D eigenvalue weighted by Crippen LogP contribution is -2.05. The lowest BCUT2D eigenvalue weighted by molar-refractivity contribution is -0.139. The highest BCUT2D eigenvalue weighted by atomic mass is 16.5. The van der Waals surface area contributed by atoms with E-state index in [-0.39, 0.29) is 18.0 Å². The van der Waals surface area contributed by atoms with Gasteiger partial charge in [-0.25, -0.2) is 0 Å². The van der Waals surface area contributed by atoms with E-state index in [4.69, 9.17) is 4.74 Å². The van der Waals surface area contributed by atoms with Crippen LogP contribution in [0.5, 0.6) is 0 Å². The molecule has 0 aliphatic heterocycles. The molecule has 96 valence electrons. The summed E-state index contributed by atoms with van der Waals surface area (Å²) >= 11 is 0. The number of carbonyl (C=O) groups is 1. The molecular formula is C15H18O3. The molecule has 3 nitrogen and oxygen atoms in total. The lowest BCUT2D eigenvalue weighted by Gasteiger charge is -2.15. The zero-order valence-corrected chi connectivity index (χ0v) is 11.0. The average Bonchev–Trinajstić information content (AvgIpc) is 2.67. The van der Waals surface area contributed by atoms with Crippen molar-refractivity contribution >= 4 is 11.5 Å². The largest absolute Gasteiger partial charge is 0.469 e. The molecule has 0 aromatic heterocycles. The lowest BCUT2D eigenvalue weighted by atomic mass is 9.99. The van der Waals surface area contributed by atoms with E-state index in [2.05, 4.69) is 23.8 Å². The Labute approximate surface area is 107 Å². The number of rotatable bonds is 3. The zero-order valence-electron chi connectivity index (χ0n) is 11.0. The number of benzene rings is 1. The quantitative estimate of drug-likeness (QED) is 0.769. The van der Waals surface area contributed by atoms with E-state index in [0.717, 1.165) is 0 Å². The number of fused-ring (bicyclic) bond motifs is 1. The maximum absolute atomic E-state index is 11.2. The SMILES string of the molecule is COC(=O)CC=C1c2ccccc2[C@H](OC)[C@H]1C. The molecule has 2 rings (SSSR count). The van der Waals surface area contributed by atoms with E-state index >= 15 is 0 Å². The van der Waals surface area contributed by atoms with Crippen molar-refractivity contribution in [2.45, 2.75) is 19.4 Å². The van der Waals surface area contributed by atoms with Crippen molar-refractivity contribution in [1.82, 2.24) is 0 Å². The van der Waals surface area contributed by atoms with Crippen molar-refractivity contribution in [2.75, 3.05) is 14.2 Å². The maximum Gasteiger partial charge on any atom is 0.309 e. The molecule has 3 heteroatoms. The van der Waals surface area contributed by atoms with Crippen LogP contribution in [0.4, 0.5) is 0 Å². The van der Waals surface area contributed by atoms with Gasteiger partial charge in [-0.05, 0) is 16.7 Å². The summed E-state index contributed by atoms with van der Waals surface area (Å²) in [4.78, 5) is 11.2. The van der Waals surface area contributed by atoms with Crippen LogP contribution in [0.25, 0.3) is 5.57 Å². The van der Waals surface area contributed by atoms with Crippen LogP contribution >= 0.6 is 0 Å². The monoisotopic (exact) mass is 246 g/mol. The fourth-order valence-electron chi connectivity index (χ4n) is 2.59. The van der Waals surface area contributed by atoms with Crippen LogP contribution in [0, 0.1) is 5.92 Å². The molecule has 0 fully saturated rings. The van der Waals surface area contributed by atoms with Crippen molar-refractivity contribution in [2.24, 2.45) is 5.92 Å². The van der Waals surface area contributed by atoms with Gasteiger partial charge in [0.05, 0.1) is 19.6 Å². The molecule has 0 spiro atoms. The smallest absolute Gasteiger partial charge is 0.309 e. The second kappa shape index (κ2) is 5.36. The molecule has 2 atom stereocenters. The minimum atomic E-state index is -0.215. The van der Waals surface area contributed by atoms with E-state index in [1.165, 1.54) is 23.8 Å². The minimum absolute atomic E-state index is 0.0742. The molecule has 1 aliphatic carbocycles. The first kappa shape index (κ1) is 12.8. The van der Waals surface area contributed by atoms with Crippen LogP contribution in [0.1, 0.15) is 30.6 Å². The number of esters is 1. The first-order chi connectivity index (χ1) is 8.69. The van der Waals surface area contributed by atoms with E-state index < -0.39 is 0 Å².